The third-order valence-corrected chi connectivity index (χ3v) is 9.65. The normalized spacial score (nSPS) is 25.3. The average molecular weight is 590 g/mol. The Morgan fingerprint density at radius 2 is 1.65 bits per heavy atom. The molecule has 2 heterocycles. The van der Waals surface area contributed by atoms with E-state index in [1.54, 1.807) is 24.3 Å². The van der Waals surface area contributed by atoms with Gasteiger partial charge in [0, 0.05) is 24.6 Å². The number of nitrogens with two attached hydrogens (primary N) is 1. The standard InChI is InChI=1S/C34H40FN3O5/c1-5-34(25-15-17-37-21-25)30(22-11-13-26(35)14-12-22)33(32(36)40,24-9-7-6-8-10-24)16-18-38(34)31(39)23-19-27(41-2)29(43-4)28(20-23)42-3/h6-14,19-20,25,30,37H,5,15-18,21H2,1-4H3,(H2,36,40). The fourth-order valence-electron chi connectivity index (χ4n) is 7.78. The molecule has 2 saturated heterocycles. The summed E-state index contributed by atoms with van der Waals surface area (Å²) in [5.41, 5.74) is 6.35. The van der Waals surface area contributed by atoms with Crippen molar-refractivity contribution in [1.29, 1.82) is 0 Å². The number of nitrogens with one attached hydrogen (secondary N) is 1. The molecule has 4 unspecified atom stereocenters. The molecule has 0 aromatic heterocycles. The Hall–Kier alpha value is -4.11. The number of methoxy groups -OCH3 is 3. The van der Waals surface area contributed by atoms with Crippen molar-refractivity contribution < 1.29 is 28.2 Å². The van der Waals surface area contributed by atoms with Gasteiger partial charge >= 0.3 is 0 Å². The van der Waals surface area contributed by atoms with E-state index in [9.17, 15) is 14.0 Å². The summed E-state index contributed by atoms with van der Waals surface area (Å²) in [4.78, 5) is 30.6. The Bertz CT molecular complexity index is 1440. The van der Waals surface area contributed by atoms with Crippen LogP contribution in [0.15, 0.2) is 66.7 Å². The zero-order valence-corrected chi connectivity index (χ0v) is 25.2. The third kappa shape index (κ3) is 4.89. The minimum atomic E-state index is -1.15. The highest BCUT2D eigenvalue weighted by Gasteiger charge is 2.64. The quantitative estimate of drug-likeness (QED) is 0.376. The zero-order valence-electron chi connectivity index (χ0n) is 25.2. The lowest BCUT2D eigenvalue weighted by atomic mass is 9.51. The van der Waals surface area contributed by atoms with Crippen LogP contribution in [0.1, 0.15) is 53.6 Å². The molecule has 2 aliphatic rings. The molecule has 4 atom stereocenters. The maximum absolute atomic E-state index is 14.8. The first-order chi connectivity index (χ1) is 20.8. The lowest BCUT2D eigenvalue weighted by Gasteiger charge is -2.61. The van der Waals surface area contributed by atoms with Crippen LogP contribution in [-0.2, 0) is 10.2 Å². The second-order valence-electron chi connectivity index (χ2n) is 11.3. The van der Waals surface area contributed by atoms with Crippen molar-refractivity contribution in [2.24, 2.45) is 11.7 Å². The van der Waals surface area contributed by atoms with E-state index in [-0.39, 0.29) is 24.2 Å². The van der Waals surface area contributed by atoms with E-state index in [1.165, 1.54) is 33.5 Å². The van der Waals surface area contributed by atoms with Crippen molar-refractivity contribution in [3.8, 4) is 17.2 Å². The number of nitrogens with zero attached hydrogens (tertiary/aromatic N) is 1. The van der Waals surface area contributed by atoms with Crippen molar-refractivity contribution >= 4 is 11.8 Å². The summed E-state index contributed by atoms with van der Waals surface area (Å²) >= 11 is 0. The third-order valence-electron chi connectivity index (χ3n) is 9.65. The Morgan fingerprint density at radius 1 is 1.00 bits per heavy atom. The summed E-state index contributed by atoms with van der Waals surface area (Å²) in [7, 11) is 4.54. The number of carbonyl (C=O) groups is 2. The predicted molar refractivity (Wildman–Crippen MR) is 162 cm³/mol. The zero-order chi connectivity index (χ0) is 30.8. The number of primary amides is 1. The average Bonchev–Trinajstić information content (AvgIpc) is 3.59. The number of rotatable bonds is 9. The molecular formula is C34H40FN3O5. The van der Waals surface area contributed by atoms with Gasteiger partial charge in [0.25, 0.3) is 5.91 Å². The molecule has 2 aliphatic heterocycles. The van der Waals surface area contributed by atoms with Crippen molar-refractivity contribution in [2.75, 3.05) is 41.0 Å². The molecule has 0 spiro atoms. The summed E-state index contributed by atoms with van der Waals surface area (Å²) in [6, 6.07) is 19.2. The number of hydrogen-bond acceptors (Lipinski definition) is 6. The number of halogens is 1. The first-order valence-corrected chi connectivity index (χ1v) is 14.7. The molecule has 0 bridgehead atoms. The molecule has 0 aliphatic carbocycles. The van der Waals surface area contributed by atoms with Gasteiger partial charge in [0.1, 0.15) is 5.82 Å². The molecule has 9 heteroatoms. The van der Waals surface area contributed by atoms with Crippen LogP contribution in [0.3, 0.4) is 0 Å². The van der Waals surface area contributed by atoms with E-state index >= 15 is 0 Å². The van der Waals surface area contributed by atoms with Gasteiger partial charge in [0.05, 0.1) is 32.3 Å². The number of benzene rings is 3. The predicted octanol–water partition coefficient (Wildman–Crippen LogP) is 4.66. The van der Waals surface area contributed by atoms with E-state index in [1.807, 2.05) is 35.2 Å². The van der Waals surface area contributed by atoms with Gasteiger partial charge < -0.3 is 30.2 Å². The monoisotopic (exact) mass is 589 g/mol. The number of piperidine rings is 1. The van der Waals surface area contributed by atoms with E-state index < -0.39 is 22.8 Å². The largest absolute Gasteiger partial charge is 0.493 e. The molecule has 0 saturated carbocycles. The summed E-state index contributed by atoms with van der Waals surface area (Å²) in [5.74, 6) is -0.489. The van der Waals surface area contributed by atoms with Crippen LogP contribution < -0.4 is 25.3 Å². The van der Waals surface area contributed by atoms with Gasteiger partial charge in [-0.25, -0.2) is 4.39 Å². The number of amides is 2. The van der Waals surface area contributed by atoms with E-state index in [0.717, 1.165) is 24.1 Å². The van der Waals surface area contributed by atoms with Gasteiger partial charge in [0.15, 0.2) is 11.5 Å². The second-order valence-corrected chi connectivity index (χ2v) is 11.3. The minimum absolute atomic E-state index is 0.0127. The number of ether oxygens (including phenoxy) is 3. The lowest BCUT2D eigenvalue weighted by Crippen LogP contribution is -2.70. The van der Waals surface area contributed by atoms with Crippen molar-refractivity contribution in [3.63, 3.8) is 0 Å². The molecule has 8 nitrogen and oxygen atoms in total. The Kier molecular flexibility index (Phi) is 8.64. The second kappa shape index (κ2) is 12.2. The van der Waals surface area contributed by atoms with Crippen LogP contribution >= 0.6 is 0 Å². The fourth-order valence-corrected chi connectivity index (χ4v) is 7.78. The van der Waals surface area contributed by atoms with Crippen LogP contribution in [0.2, 0.25) is 0 Å². The summed E-state index contributed by atoms with van der Waals surface area (Å²) < 4.78 is 31.0. The SMILES string of the molecule is CCC1(C2CCNC2)C(c2ccc(F)cc2)C(C(N)=O)(c2ccccc2)CCN1C(=O)c1cc(OC)c(OC)c(OC)c1. The minimum Gasteiger partial charge on any atom is -0.493 e. The van der Waals surface area contributed by atoms with E-state index in [4.69, 9.17) is 19.9 Å². The molecular weight excluding hydrogens is 549 g/mol. The molecule has 228 valence electrons. The first-order valence-electron chi connectivity index (χ1n) is 14.7. The summed E-state index contributed by atoms with van der Waals surface area (Å²) in [5, 5.41) is 3.49. The van der Waals surface area contributed by atoms with Gasteiger partial charge in [0.2, 0.25) is 11.7 Å². The Labute approximate surface area is 252 Å². The van der Waals surface area contributed by atoms with Crippen molar-refractivity contribution in [3.05, 3.63) is 89.2 Å². The Balaban J connectivity index is 1.79. The van der Waals surface area contributed by atoms with Gasteiger partial charge in [-0.2, -0.15) is 0 Å². The molecule has 3 aromatic rings. The Morgan fingerprint density at radius 3 is 2.16 bits per heavy atom. The molecule has 5 rings (SSSR count). The molecule has 43 heavy (non-hydrogen) atoms. The van der Waals surface area contributed by atoms with Crippen LogP contribution in [0.25, 0.3) is 0 Å². The van der Waals surface area contributed by atoms with Gasteiger partial charge in [-0.3, -0.25) is 9.59 Å². The van der Waals surface area contributed by atoms with Crippen LogP contribution in [-0.4, -0.2) is 63.2 Å². The highest BCUT2D eigenvalue weighted by molar-refractivity contribution is 5.97. The molecule has 2 amide bonds. The maximum atomic E-state index is 14.8. The topological polar surface area (TPSA) is 103 Å². The molecule has 2 fully saturated rings. The van der Waals surface area contributed by atoms with Gasteiger partial charge in [-0.05, 0) is 67.1 Å². The highest BCUT2D eigenvalue weighted by atomic mass is 19.1. The van der Waals surface area contributed by atoms with Gasteiger partial charge in [-0.1, -0.05) is 49.4 Å². The number of hydrogen-bond donors (Lipinski definition) is 2. The molecule has 3 N–H and O–H groups in total. The van der Waals surface area contributed by atoms with Crippen LogP contribution in [0.4, 0.5) is 4.39 Å². The van der Waals surface area contributed by atoms with E-state index in [0.29, 0.717) is 42.2 Å². The van der Waals surface area contributed by atoms with Crippen LogP contribution in [0, 0.1) is 11.7 Å². The highest BCUT2D eigenvalue weighted by Crippen LogP contribution is 2.58. The fraction of sp³-hybridized carbons (Fsp3) is 0.412. The first kappa shape index (κ1) is 30.4. The van der Waals surface area contributed by atoms with Crippen molar-refractivity contribution in [1.82, 2.24) is 10.2 Å². The molecule has 0 radical (unpaired) electrons. The maximum Gasteiger partial charge on any atom is 0.254 e. The summed E-state index contributed by atoms with van der Waals surface area (Å²) in [6.45, 7) is 3.79. The smallest absolute Gasteiger partial charge is 0.254 e. The van der Waals surface area contributed by atoms with Gasteiger partial charge in [-0.15, -0.1) is 0 Å². The van der Waals surface area contributed by atoms with E-state index in [2.05, 4.69) is 12.2 Å². The van der Waals surface area contributed by atoms with Crippen LogP contribution in [0.5, 0.6) is 17.2 Å². The number of carbonyl (C=O) groups excluding carboxylic acids is 2. The molecule has 3 aromatic carbocycles. The van der Waals surface area contributed by atoms with Crippen molar-refractivity contribution in [2.45, 2.75) is 43.1 Å². The number of likely N-dealkylation sites (tertiary alicyclic amines) is 1. The summed E-state index contributed by atoms with van der Waals surface area (Å²) in [6.07, 6.45) is 1.64. The lowest BCUT2D eigenvalue weighted by molar-refractivity contribution is -0.131.